The molecule has 0 aromatic heterocycles. The average Bonchev–Trinajstić information content (AvgIpc) is 2.40. The first-order valence-electron chi connectivity index (χ1n) is 7.11. The second-order valence-electron chi connectivity index (χ2n) is 6.50. The number of hydrogen-bond donors (Lipinski definition) is 2. The molecule has 2 aromatic rings. The zero-order valence-corrected chi connectivity index (χ0v) is 13.3. The summed E-state index contributed by atoms with van der Waals surface area (Å²) in [6.07, 6.45) is 0. The van der Waals surface area contributed by atoms with E-state index in [-0.39, 0.29) is 5.54 Å². The summed E-state index contributed by atoms with van der Waals surface area (Å²) in [4.78, 5) is 23.4. The summed E-state index contributed by atoms with van der Waals surface area (Å²) in [6, 6.07) is 6.08. The van der Waals surface area contributed by atoms with Gasteiger partial charge >= 0.3 is 0 Å². The third-order valence-corrected chi connectivity index (χ3v) is 3.58. The van der Waals surface area contributed by atoms with Crippen molar-refractivity contribution in [3.05, 3.63) is 55.3 Å². The van der Waals surface area contributed by atoms with Crippen molar-refractivity contribution in [2.24, 2.45) is 0 Å². The molecule has 0 unspecified atom stereocenters. The summed E-state index contributed by atoms with van der Waals surface area (Å²) >= 11 is 0. The van der Waals surface area contributed by atoms with Gasteiger partial charge in [-0.1, -0.05) is 18.2 Å². The predicted molar refractivity (Wildman–Crippen MR) is 88.0 cm³/mol. The standard InChI is InChI=1S/C17H22N2O2/c1-10-7-6-8-12(11(10)2)9-18-13-14(16(21)15(13)20)19-17(3,4)5/h6-8,18-19H,9H2,1-5H3. The monoisotopic (exact) mass is 286 g/mol. The summed E-state index contributed by atoms with van der Waals surface area (Å²) < 4.78 is 0. The quantitative estimate of drug-likeness (QED) is 0.849. The fourth-order valence-corrected chi connectivity index (χ4v) is 2.24. The molecule has 0 radical (unpaired) electrons. The highest BCUT2D eigenvalue weighted by Crippen LogP contribution is 2.21. The molecule has 4 heteroatoms. The predicted octanol–water partition coefficient (Wildman–Crippen LogP) is 2.72. The molecule has 0 spiro atoms. The van der Waals surface area contributed by atoms with Crippen LogP contribution in [0.25, 0.3) is 0 Å². The summed E-state index contributed by atoms with van der Waals surface area (Å²) in [5.74, 6) is 0. The van der Waals surface area contributed by atoms with Crippen LogP contribution in [0.4, 0.5) is 11.4 Å². The molecule has 2 aromatic carbocycles. The van der Waals surface area contributed by atoms with E-state index < -0.39 is 10.9 Å². The second-order valence-corrected chi connectivity index (χ2v) is 6.50. The van der Waals surface area contributed by atoms with Gasteiger partial charge < -0.3 is 10.6 Å². The zero-order valence-electron chi connectivity index (χ0n) is 13.3. The van der Waals surface area contributed by atoms with E-state index in [4.69, 9.17) is 0 Å². The fourth-order valence-electron chi connectivity index (χ4n) is 2.24. The lowest BCUT2D eigenvalue weighted by atomic mass is 10.0. The van der Waals surface area contributed by atoms with Crippen LogP contribution in [0.3, 0.4) is 0 Å². The van der Waals surface area contributed by atoms with Crippen LogP contribution in [-0.4, -0.2) is 5.54 Å². The van der Waals surface area contributed by atoms with Gasteiger partial charge in [0.2, 0.25) is 0 Å². The molecular formula is C17H22N2O2. The third-order valence-electron chi connectivity index (χ3n) is 3.58. The maximum absolute atomic E-state index is 11.7. The van der Waals surface area contributed by atoms with E-state index in [1.54, 1.807) is 0 Å². The molecule has 0 saturated heterocycles. The van der Waals surface area contributed by atoms with E-state index in [0.29, 0.717) is 17.9 Å². The SMILES string of the molecule is Cc1cccc(CNc2c(NC(C)(C)C)c(=O)c2=O)c1C. The first-order valence-corrected chi connectivity index (χ1v) is 7.11. The lowest BCUT2D eigenvalue weighted by Crippen LogP contribution is -2.41. The van der Waals surface area contributed by atoms with Gasteiger partial charge in [0.05, 0.1) is 0 Å². The molecule has 0 saturated carbocycles. The molecular weight excluding hydrogens is 264 g/mol. The highest BCUT2D eigenvalue weighted by atomic mass is 16.2. The Balaban J connectivity index is 2.18. The van der Waals surface area contributed by atoms with Crippen molar-refractivity contribution in [3.63, 3.8) is 0 Å². The maximum atomic E-state index is 11.7. The van der Waals surface area contributed by atoms with Gasteiger partial charge in [0.15, 0.2) is 0 Å². The van der Waals surface area contributed by atoms with Gasteiger partial charge in [-0.2, -0.15) is 0 Å². The topological polar surface area (TPSA) is 58.2 Å². The van der Waals surface area contributed by atoms with E-state index in [1.807, 2.05) is 32.9 Å². The van der Waals surface area contributed by atoms with Gasteiger partial charge in [-0.3, -0.25) is 9.59 Å². The zero-order chi connectivity index (χ0) is 15.8. The van der Waals surface area contributed by atoms with E-state index in [2.05, 4.69) is 30.5 Å². The fraction of sp³-hybridized carbons (Fsp3) is 0.412. The van der Waals surface area contributed by atoms with Crippen LogP contribution in [0.15, 0.2) is 27.8 Å². The van der Waals surface area contributed by atoms with Gasteiger partial charge in [0.25, 0.3) is 10.9 Å². The van der Waals surface area contributed by atoms with Gasteiger partial charge in [-0.15, -0.1) is 0 Å². The van der Waals surface area contributed by atoms with Gasteiger partial charge in [0, 0.05) is 12.1 Å². The van der Waals surface area contributed by atoms with Gasteiger partial charge in [-0.05, 0) is 51.3 Å². The first kappa shape index (κ1) is 15.3. The number of aryl methyl sites for hydroxylation is 1. The Labute approximate surface area is 124 Å². The number of anilines is 2. The summed E-state index contributed by atoms with van der Waals surface area (Å²) in [5, 5.41) is 6.20. The molecule has 0 aliphatic heterocycles. The van der Waals surface area contributed by atoms with Crippen LogP contribution in [0.2, 0.25) is 0 Å². The van der Waals surface area contributed by atoms with Crippen molar-refractivity contribution in [2.75, 3.05) is 10.6 Å². The smallest absolute Gasteiger partial charge is 0.253 e. The Hall–Kier alpha value is -2.10. The second kappa shape index (κ2) is 5.35. The normalized spacial score (nSPS) is 11.7. The molecule has 0 aliphatic rings. The molecule has 2 N–H and O–H groups in total. The first-order chi connectivity index (χ1) is 9.70. The lowest BCUT2D eigenvalue weighted by molar-refractivity contribution is 0.632. The van der Waals surface area contributed by atoms with E-state index in [0.717, 1.165) is 5.56 Å². The Morgan fingerprint density at radius 2 is 1.62 bits per heavy atom. The van der Waals surface area contributed by atoms with Crippen LogP contribution in [-0.2, 0) is 6.54 Å². The number of hydrogen-bond acceptors (Lipinski definition) is 4. The van der Waals surface area contributed by atoms with Crippen LogP contribution >= 0.6 is 0 Å². The number of benzene rings is 1. The highest BCUT2D eigenvalue weighted by molar-refractivity contribution is 5.74. The molecule has 0 aliphatic carbocycles. The molecule has 4 nitrogen and oxygen atoms in total. The molecule has 0 bridgehead atoms. The van der Waals surface area contributed by atoms with E-state index in [9.17, 15) is 9.59 Å². The van der Waals surface area contributed by atoms with Crippen LogP contribution in [0.1, 0.15) is 37.5 Å². The average molecular weight is 286 g/mol. The summed E-state index contributed by atoms with van der Waals surface area (Å²) in [6.45, 7) is 10.5. The maximum Gasteiger partial charge on any atom is 0.253 e. The Morgan fingerprint density at radius 3 is 2.24 bits per heavy atom. The molecule has 21 heavy (non-hydrogen) atoms. The number of nitrogens with one attached hydrogen (secondary N) is 2. The lowest BCUT2D eigenvalue weighted by Gasteiger charge is -2.25. The van der Waals surface area contributed by atoms with E-state index in [1.165, 1.54) is 11.1 Å². The van der Waals surface area contributed by atoms with Crippen LogP contribution in [0, 0.1) is 13.8 Å². The minimum absolute atomic E-state index is 0.252. The Morgan fingerprint density at radius 1 is 1.00 bits per heavy atom. The van der Waals surface area contributed by atoms with Crippen molar-refractivity contribution in [2.45, 2.75) is 46.7 Å². The largest absolute Gasteiger partial charge is 0.376 e. The van der Waals surface area contributed by atoms with E-state index >= 15 is 0 Å². The van der Waals surface area contributed by atoms with Crippen LogP contribution in [0.5, 0.6) is 0 Å². The highest BCUT2D eigenvalue weighted by Gasteiger charge is 2.24. The van der Waals surface area contributed by atoms with Crippen molar-refractivity contribution < 1.29 is 0 Å². The Bertz CT molecular complexity index is 732. The third kappa shape index (κ3) is 3.15. The van der Waals surface area contributed by atoms with Crippen molar-refractivity contribution >= 4 is 11.4 Å². The van der Waals surface area contributed by atoms with Crippen LogP contribution < -0.4 is 21.5 Å². The Kier molecular flexibility index (Phi) is 3.90. The van der Waals surface area contributed by atoms with Crippen molar-refractivity contribution in [1.29, 1.82) is 0 Å². The number of rotatable bonds is 4. The van der Waals surface area contributed by atoms with Gasteiger partial charge in [-0.25, -0.2) is 0 Å². The summed E-state index contributed by atoms with van der Waals surface area (Å²) in [7, 11) is 0. The molecule has 0 amide bonds. The molecule has 2 rings (SSSR count). The molecule has 0 heterocycles. The van der Waals surface area contributed by atoms with Crippen molar-refractivity contribution in [3.8, 4) is 0 Å². The molecule has 0 fully saturated rings. The minimum atomic E-state index is -0.438. The van der Waals surface area contributed by atoms with Gasteiger partial charge in [0.1, 0.15) is 11.4 Å². The molecule has 0 atom stereocenters. The summed E-state index contributed by atoms with van der Waals surface area (Å²) in [5.41, 5.74) is 3.22. The minimum Gasteiger partial charge on any atom is -0.376 e. The molecule has 112 valence electrons. The van der Waals surface area contributed by atoms with Crippen molar-refractivity contribution in [1.82, 2.24) is 0 Å².